The highest BCUT2D eigenvalue weighted by atomic mass is 35.5. The molecule has 0 saturated carbocycles. The van der Waals surface area contributed by atoms with E-state index in [1.807, 2.05) is 47.8 Å². The van der Waals surface area contributed by atoms with Gasteiger partial charge in [0.15, 0.2) is 5.16 Å². The van der Waals surface area contributed by atoms with Gasteiger partial charge in [-0.2, -0.15) is 0 Å². The standard InChI is InChI=1S/C17H21ClN4OS/c1-13(24-17-19-6-7-20(17)2)16(23)22-10-8-21(9-11-22)15-5-3-4-14(18)12-15/h3-7,12-13H,8-11H2,1-2H3. The largest absolute Gasteiger partial charge is 0.368 e. The maximum Gasteiger partial charge on any atom is 0.236 e. The third-order valence-corrected chi connectivity index (χ3v) is 5.57. The van der Waals surface area contributed by atoms with Gasteiger partial charge in [-0.05, 0) is 25.1 Å². The first-order chi connectivity index (χ1) is 11.5. The number of imidazole rings is 1. The molecule has 1 amide bonds. The van der Waals surface area contributed by atoms with Gasteiger partial charge in [-0.15, -0.1) is 0 Å². The summed E-state index contributed by atoms with van der Waals surface area (Å²) in [5.41, 5.74) is 1.12. The lowest BCUT2D eigenvalue weighted by Crippen LogP contribution is -2.50. The number of nitrogens with zero attached hydrogens (tertiary/aromatic N) is 4. The quantitative estimate of drug-likeness (QED) is 0.782. The summed E-state index contributed by atoms with van der Waals surface area (Å²) >= 11 is 7.57. The third-order valence-electron chi connectivity index (χ3n) is 4.17. The van der Waals surface area contributed by atoms with Gasteiger partial charge in [-0.25, -0.2) is 4.98 Å². The first-order valence-corrected chi connectivity index (χ1v) is 9.23. The first kappa shape index (κ1) is 17.2. The van der Waals surface area contributed by atoms with Crippen LogP contribution in [0.25, 0.3) is 0 Å². The molecule has 0 bridgehead atoms. The molecule has 128 valence electrons. The number of aromatic nitrogens is 2. The van der Waals surface area contributed by atoms with Crippen molar-refractivity contribution in [1.82, 2.24) is 14.5 Å². The average Bonchev–Trinajstić information content (AvgIpc) is 2.99. The maximum absolute atomic E-state index is 12.7. The van der Waals surface area contributed by atoms with Crippen LogP contribution in [0.5, 0.6) is 0 Å². The van der Waals surface area contributed by atoms with Crippen molar-refractivity contribution < 1.29 is 4.79 Å². The average molecular weight is 365 g/mol. The van der Waals surface area contributed by atoms with Crippen LogP contribution in [0.3, 0.4) is 0 Å². The number of carbonyl (C=O) groups is 1. The summed E-state index contributed by atoms with van der Waals surface area (Å²) in [6.07, 6.45) is 3.65. The topological polar surface area (TPSA) is 41.4 Å². The fourth-order valence-electron chi connectivity index (χ4n) is 2.79. The molecule has 1 aliphatic heterocycles. The fourth-order valence-corrected chi connectivity index (χ4v) is 3.89. The smallest absolute Gasteiger partial charge is 0.236 e. The molecule has 1 fully saturated rings. The van der Waals surface area contributed by atoms with Crippen LogP contribution >= 0.6 is 23.4 Å². The second kappa shape index (κ2) is 7.49. The Bertz CT molecular complexity index is 712. The fraction of sp³-hybridized carbons (Fsp3) is 0.412. The summed E-state index contributed by atoms with van der Waals surface area (Å²) in [6.45, 7) is 5.07. The summed E-state index contributed by atoms with van der Waals surface area (Å²) in [7, 11) is 1.94. The summed E-state index contributed by atoms with van der Waals surface area (Å²) in [4.78, 5) is 21.2. The van der Waals surface area contributed by atoms with Crippen molar-refractivity contribution in [3.63, 3.8) is 0 Å². The van der Waals surface area contributed by atoms with E-state index in [-0.39, 0.29) is 11.2 Å². The predicted molar refractivity (Wildman–Crippen MR) is 98.8 cm³/mol. The van der Waals surface area contributed by atoms with Crippen LogP contribution in [0.1, 0.15) is 6.92 Å². The lowest BCUT2D eigenvalue weighted by atomic mass is 10.2. The van der Waals surface area contributed by atoms with Gasteiger partial charge in [-0.1, -0.05) is 29.4 Å². The van der Waals surface area contributed by atoms with Gasteiger partial charge in [0.1, 0.15) is 0 Å². The van der Waals surface area contributed by atoms with Crippen molar-refractivity contribution >= 4 is 35.0 Å². The van der Waals surface area contributed by atoms with E-state index in [4.69, 9.17) is 11.6 Å². The number of anilines is 1. The zero-order valence-electron chi connectivity index (χ0n) is 13.9. The minimum atomic E-state index is -0.135. The molecule has 0 radical (unpaired) electrons. The first-order valence-electron chi connectivity index (χ1n) is 7.98. The molecule has 5 nitrogen and oxygen atoms in total. The number of hydrogen-bond donors (Lipinski definition) is 0. The normalized spacial score (nSPS) is 16.3. The van der Waals surface area contributed by atoms with E-state index in [1.165, 1.54) is 11.8 Å². The second-order valence-corrected chi connectivity index (χ2v) is 7.62. The Morgan fingerprint density at radius 1 is 1.29 bits per heavy atom. The number of aryl methyl sites for hydroxylation is 1. The Balaban J connectivity index is 1.56. The molecule has 0 aliphatic carbocycles. The number of benzene rings is 1. The molecule has 0 N–H and O–H groups in total. The van der Waals surface area contributed by atoms with Gasteiger partial charge >= 0.3 is 0 Å². The van der Waals surface area contributed by atoms with E-state index in [0.717, 1.165) is 42.0 Å². The molecule has 1 unspecified atom stereocenters. The predicted octanol–water partition coefficient (Wildman–Crippen LogP) is 2.90. The third kappa shape index (κ3) is 3.87. The van der Waals surface area contributed by atoms with Gasteiger partial charge < -0.3 is 14.4 Å². The van der Waals surface area contributed by atoms with Crippen LogP contribution in [0.2, 0.25) is 5.02 Å². The Kier molecular flexibility index (Phi) is 5.36. The molecule has 1 aromatic carbocycles. The minimum absolute atomic E-state index is 0.135. The second-order valence-electron chi connectivity index (χ2n) is 5.87. The zero-order chi connectivity index (χ0) is 17.1. The number of hydrogen-bond acceptors (Lipinski definition) is 4. The van der Waals surface area contributed by atoms with E-state index >= 15 is 0 Å². The van der Waals surface area contributed by atoms with Gasteiger partial charge in [0.05, 0.1) is 5.25 Å². The van der Waals surface area contributed by atoms with Crippen LogP contribution in [0, 0.1) is 0 Å². The van der Waals surface area contributed by atoms with Gasteiger partial charge in [0, 0.05) is 56.3 Å². The van der Waals surface area contributed by atoms with Gasteiger partial charge in [0.2, 0.25) is 5.91 Å². The van der Waals surface area contributed by atoms with E-state index < -0.39 is 0 Å². The molecule has 1 atom stereocenters. The van der Waals surface area contributed by atoms with Crippen molar-refractivity contribution in [1.29, 1.82) is 0 Å². The molecule has 1 aliphatic rings. The van der Waals surface area contributed by atoms with E-state index in [0.29, 0.717) is 0 Å². The molecule has 2 aromatic rings. The molecule has 24 heavy (non-hydrogen) atoms. The summed E-state index contributed by atoms with van der Waals surface area (Å²) in [5.74, 6) is 0.175. The number of piperazine rings is 1. The molecule has 0 spiro atoms. The maximum atomic E-state index is 12.7. The zero-order valence-corrected chi connectivity index (χ0v) is 15.4. The van der Waals surface area contributed by atoms with E-state index in [2.05, 4.69) is 16.0 Å². The van der Waals surface area contributed by atoms with E-state index in [9.17, 15) is 4.79 Å². The molecular weight excluding hydrogens is 344 g/mol. The Hall–Kier alpha value is -1.66. The summed E-state index contributed by atoms with van der Waals surface area (Å²) < 4.78 is 1.94. The lowest BCUT2D eigenvalue weighted by molar-refractivity contribution is -0.130. The number of rotatable bonds is 4. The van der Waals surface area contributed by atoms with Crippen molar-refractivity contribution in [3.8, 4) is 0 Å². The van der Waals surface area contributed by atoms with Crippen LogP contribution in [0.4, 0.5) is 5.69 Å². The van der Waals surface area contributed by atoms with Crippen molar-refractivity contribution in [2.75, 3.05) is 31.1 Å². The van der Waals surface area contributed by atoms with Crippen molar-refractivity contribution in [3.05, 3.63) is 41.7 Å². The van der Waals surface area contributed by atoms with Crippen LogP contribution in [-0.2, 0) is 11.8 Å². The highest BCUT2D eigenvalue weighted by Crippen LogP contribution is 2.24. The Morgan fingerprint density at radius 3 is 2.67 bits per heavy atom. The summed E-state index contributed by atoms with van der Waals surface area (Å²) in [6, 6.07) is 7.86. The molecule has 7 heteroatoms. The molecular formula is C17H21ClN4OS. The van der Waals surface area contributed by atoms with Crippen molar-refractivity contribution in [2.45, 2.75) is 17.3 Å². The van der Waals surface area contributed by atoms with Crippen LogP contribution < -0.4 is 4.90 Å². The monoisotopic (exact) mass is 364 g/mol. The van der Waals surface area contributed by atoms with Crippen LogP contribution in [0.15, 0.2) is 41.8 Å². The van der Waals surface area contributed by atoms with Crippen LogP contribution in [-0.4, -0.2) is 51.8 Å². The SMILES string of the molecule is CC(Sc1nccn1C)C(=O)N1CCN(c2cccc(Cl)c2)CC1. The Morgan fingerprint density at radius 2 is 2.04 bits per heavy atom. The molecule has 3 rings (SSSR count). The van der Waals surface area contributed by atoms with Crippen molar-refractivity contribution in [2.24, 2.45) is 7.05 Å². The highest BCUT2D eigenvalue weighted by Gasteiger charge is 2.26. The van der Waals surface area contributed by atoms with E-state index in [1.54, 1.807) is 6.20 Å². The number of carbonyl (C=O) groups excluding carboxylic acids is 1. The van der Waals surface area contributed by atoms with Gasteiger partial charge in [-0.3, -0.25) is 4.79 Å². The number of amides is 1. The highest BCUT2D eigenvalue weighted by molar-refractivity contribution is 8.00. The van der Waals surface area contributed by atoms with Gasteiger partial charge in [0.25, 0.3) is 0 Å². The lowest BCUT2D eigenvalue weighted by Gasteiger charge is -2.37. The number of halogens is 1. The minimum Gasteiger partial charge on any atom is -0.368 e. The number of thioether (sulfide) groups is 1. The molecule has 1 saturated heterocycles. The molecule has 2 heterocycles. The molecule has 1 aromatic heterocycles. The Labute approximate surface area is 151 Å². The summed E-state index contributed by atoms with van der Waals surface area (Å²) in [5, 5.41) is 1.48.